The van der Waals surface area contributed by atoms with Gasteiger partial charge in [-0.2, -0.15) is 13.2 Å². The SMILES string of the molecule is Nc1cc(F)cc(Nc2cc(C(F)(F)F)ccc2F)c1. The number of halogens is 5. The Morgan fingerprint density at radius 2 is 1.65 bits per heavy atom. The summed E-state index contributed by atoms with van der Waals surface area (Å²) in [5.74, 6) is -1.57. The van der Waals surface area contributed by atoms with Crippen LogP contribution in [-0.2, 0) is 6.18 Å². The summed E-state index contributed by atoms with van der Waals surface area (Å²) in [7, 11) is 0. The summed E-state index contributed by atoms with van der Waals surface area (Å²) in [5, 5.41) is 2.37. The van der Waals surface area contributed by atoms with Gasteiger partial charge in [-0.3, -0.25) is 0 Å². The number of nitrogens with one attached hydrogen (secondary N) is 1. The number of rotatable bonds is 2. The molecule has 20 heavy (non-hydrogen) atoms. The third kappa shape index (κ3) is 3.17. The lowest BCUT2D eigenvalue weighted by Gasteiger charge is -2.12. The fourth-order valence-corrected chi connectivity index (χ4v) is 1.64. The first-order chi connectivity index (χ1) is 9.25. The standard InChI is InChI=1S/C13H9F5N2/c14-8-4-9(19)6-10(5-8)20-12-3-7(13(16,17)18)1-2-11(12)15/h1-6,20H,19H2. The van der Waals surface area contributed by atoms with E-state index in [-0.39, 0.29) is 11.4 Å². The minimum Gasteiger partial charge on any atom is -0.399 e. The molecule has 3 N–H and O–H groups in total. The lowest BCUT2D eigenvalue weighted by atomic mass is 10.1. The largest absolute Gasteiger partial charge is 0.416 e. The molecular weight excluding hydrogens is 279 g/mol. The molecule has 0 aliphatic rings. The normalized spacial score (nSPS) is 11.4. The first-order valence-corrected chi connectivity index (χ1v) is 5.45. The van der Waals surface area contributed by atoms with E-state index in [0.717, 1.165) is 12.1 Å². The second-order valence-corrected chi connectivity index (χ2v) is 4.09. The van der Waals surface area contributed by atoms with E-state index < -0.39 is 29.1 Å². The number of benzene rings is 2. The van der Waals surface area contributed by atoms with Crippen molar-refractivity contribution in [3.8, 4) is 0 Å². The molecule has 0 aromatic heterocycles. The van der Waals surface area contributed by atoms with Crippen molar-refractivity contribution in [3.63, 3.8) is 0 Å². The molecule has 0 radical (unpaired) electrons. The van der Waals surface area contributed by atoms with Gasteiger partial charge in [-0.25, -0.2) is 8.78 Å². The Morgan fingerprint density at radius 3 is 2.25 bits per heavy atom. The van der Waals surface area contributed by atoms with Crippen LogP contribution in [-0.4, -0.2) is 0 Å². The molecular formula is C13H9F5N2. The zero-order valence-electron chi connectivity index (χ0n) is 9.93. The van der Waals surface area contributed by atoms with E-state index in [1.54, 1.807) is 0 Å². The van der Waals surface area contributed by atoms with E-state index >= 15 is 0 Å². The highest BCUT2D eigenvalue weighted by Gasteiger charge is 2.31. The van der Waals surface area contributed by atoms with Gasteiger partial charge in [0.25, 0.3) is 0 Å². The summed E-state index contributed by atoms with van der Waals surface area (Å²) >= 11 is 0. The number of anilines is 3. The minimum atomic E-state index is -4.59. The molecule has 0 unspecified atom stereocenters. The number of nitrogen functional groups attached to an aromatic ring is 1. The average molecular weight is 288 g/mol. The molecule has 0 aliphatic carbocycles. The first-order valence-electron chi connectivity index (χ1n) is 5.45. The van der Waals surface area contributed by atoms with Gasteiger partial charge in [0.2, 0.25) is 0 Å². The van der Waals surface area contributed by atoms with Gasteiger partial charge in [0.1, 0.15) is 11.6 Å². The van der Waals surface area contributed by atoms with Crippen molar-refractivity contribution < 1.29 is 22.0 Å². The molecule has 0 spiro atoms. The molecule has 0 amide bonds. The highest BCUT2D eigenvalue weighted by Crippen LogP contribution is 2.33. The van der Waals surface area contributed by atoms with Crippen LogP contribution in [0.4, 0.5) is 39.0 Å². The Kier molecular flexibility index (Phi) is 3.52. The Balaban J connectivity index is 2.37. The molecule has 106 valence electrons. The highest BCUT2D eigenvalue weighted by molar-refractivity contribution is 5.64. The minimum absolute atomic E-state index is 0.0562. The van der Waals surface area contributed by atoms with E-state index in [4.69, 9.17) is 5.73 Å². The molecule has 7 heteroatoms. The molecule has 2 rings (SSSR count). The average Bonchev–Trinajstić information content (AvgIpc) is 2.29. The van der Waals surface area contributed by atoms with Gasteiger partial charge in [0.05, 0.1) is 11.3 Å². The maximum absolute atomic E-state index is 13.5. The van der Waals surface area contributed by atoms with Crippen molar-refractivity contribution in [1.29, 1.82) is 0 Å². The first kappa shape index (κ1) is 14.1. The lowest BCUT2D eigenvalue weighted by Crippen LogP contribution is -2.06. The van der Waals surface area contributed by atoms with Gasteiger partial charge in [-0.05, 0) is 36.4 Å². The Morgan fingerprint density at radius 1 is 0.950 bits per heavy atom. The maximum atomic E-state index is 13.5. The Hall–Kier alpha value is -2.31. The molecule has 2 aromatic carbocycles. The van der Waals surface area contributed by atoms with Crippen LogP contribution in [0, 0.1) is 11.6 Å². The summed E-state index contributed by atoms with van der Waals surface area (Å²) in [6, 6.07) is 5.23. The predicted octanol–water partition coefficient (Wildman–Crippen LogP) is 4.31. The smallest absolute Gasteiger partial charge is 0.399 e. The van der Waals surface area contributed by atoms with Crippen LogP contribution in [0.15, 0.2) is 36.4 Å². The number of hydrogen-bond acceptors (Lipinski definition) is 2. The monoisotopic (exact) mass is 288 g/mol. The molecule has 0 aliphatic heterocycles. The second-order valence-electron chi connectivity index (χ2n) is 4.09. The Bertz CT molecular complexity index is 617. The van der Waals surface area contributed by atoms with Crippen molar-refractivity contribution in [1.82, 2.24) is 0 Å². The second kappa shape index (κ2) is 4.99. The van der Waals surface area contributed by atoms with Gasteiger partial charge in [0.15, 0.2) is 0 Å². The summed E-state index contributed by atoms with van der Waals surface area (Å²) in [6.45, 7) is 0. The van der Waals surface area contributed by atoms with Gasteiger partial charge >= 0.3 is 6.18 Å². The van der Waals surface area contributed by atoms with Crippen LogP contribution >= 0.6 is 0 Å². The van der Waals surface area contributed by atoms with Crippen LogP contribution in [0.2, 0.25) is 0 Å². The van der Waals surface area contributed by atoms with E-state index in [1.165, 1.54) is 6.07 Å². The van der Waals surface area contributed by atoms with E-state index in [2.05, 4.69) is 5.32 Å². The van der Waals surface area contributed by atoms with Gasteiger partial charge in [-0.1, -0.05) is 0 Å². The summed E-state index contributed by atoms with van der Waals surface area (Å²) in [6.07, 6.45) is -4.59. The number of nitrogens with two attached hydrogens (primary N) is 1. The van der Waals surface area contributed by atoms with Crippen LogP contribution < -0.4 is 11.1 Å². The molecule has 2 nitrogen and oxygen atoms in total. The van der Waals surface area contributed by atoms with Gasteiger partial charge in [0, 0.05) is 11.4 Å². The predicted molar refractivity (Wildman–Crippen MR) is 65.5 cm³/mol. The lowest BCUT2D eigenvalue weighted by molar-refractivity contribution is -0.137. The van der Waals surface area contributed by atoms with Crippen molar-refractivity contribution in [2.24, 2.45) is 0 Å². The molecule has 0 saturated carbocycles. The molecule has 0 fully saturated rings. The van der Waals surface area contributed by atoms with Crippen molar-refractivity contribution in [2.75, 3.05) is 11.1 Å². The molecule has 0 heterocycles. The van der Waals surface area contributed by atoms with Crippen LogP contribution in [0.25, 0.3) is 0 Å². The molecule has 2 aromatic rings. The fourth-order valence-electron chi connectivity index (χ4n) is 1.64. The van der Waals surface area contributed by atoms with Crippen LogP contribution in [0.1, 0.15) is 5.56 Å². The van der Waals surface area contributed by atoms with Crippen LogP contribution in [0.3, 0.4) is 0 Å². The zero-order valence-corrected chi connectivity index (χ0v) is 9.93. The summed E-state index contributed by atoms with van der Waals surface area (Å²) in [4.78, 5) is 0. The van der Waals surface area contributed by atoms with E-state index in [0.29, 0.717) is 18.2 Å². The zero-order chi connectivity index (χ0) is 14.9. The quantitative estimate of drug-likeness (QED) is 0.638. The summed E-state index contributed by atoms with van der Waals surface area (Å²) < 4.78 is 64.2. The molecule has 0 saturated heterocycles. The topological polar surface area (TPSA) is 38.0 Å². The third-order valence-electron chi connectivity index (χ3n) is 2.49. The van der Waals surface area contributed by atoms with Crippen molar-refractivity contribution in [3.05, 3.63) is 53.6 Å². The van der Waals surface area contributed by atoms with Crippen LogP contribution in [0.5, 0.6) is 0 Å². The van der Waals surface area contributed by atoms with Crippen molar-refractivity contribution >= 4 is 17.1 Å². The maximum Gasteiger partial charge on any atom is 0.416 e. The van der Waals surface area contributed by atoms with E-state index in [9.17, 15) is 22.0 Å². The fraction of sp³-hybridized carbons (Fsp3) is 0.0769. The number of alkyl halides is 3. The molecule has 0 bridgehead atoms. The highest BCUT2D eigenvalue weighted by atomic mass is 19.4. The Labute approximate surface area is 111 Å². The van der Waals surface area contributed by atoms with E-state index in [1.807, 2.05) is 0 Å². The number of hydrogen-bond donors (Lipinski definition) is 2. The van der Waals surface area contributed by atoms with Gasteiger partial charge in [-0.15, -0.1) is 0 Å². The third-order valence-corrected chi connectivity index (χ3v) is 2.49. The van der Waals surface area contributed by atoms with Crippen molar-refractivity contribution in [2.45, 2.75) is 6.18 Å². The molecule has 0 atom stereocenters. The van der Waals surface area contributed by atoms with Gasteiger partial charge < -0.3 is 11.1 Å². The summed E-state index contributed by atoms with van der Waals surface area (Å²) in [5.41, 5.74) is 4.10.